The number of fused-ring (bicyclic) bond motifs is 1. The molecule has 3 heteroatoms. The summed E-state index contributed by atoms with van der Waals surface area (Å²) in [6, 6.07) is 14.7. The summed E-state index contributed by atoms with van der Waals surface area (Å²) < 4.78 is 7.05. The number of hydrogen-bond donors (Lipinski definition) is 1. The molecule has 0 spiro atoms. The fourth-order valence-corrected chi connectivity index (χ4v) is 3.14. The Bertz CT molecular complexity index is 612. The van der Waals surface area contributed by atoms with Gasteiger partial charge in [-0.2, -0.15) is 0 Å². The summed E-state index contributed by atoms with van der Waals surface area (Å²) in [6.07, 6.45) is 1.99. The minimum Gasteiger partial charge on any atom is -0.493 e. The molecule has 1 aliphatic carbocycles. The van der Waals surface area contributed by atoms with E-state index in [0.29, 0.717) is 12.5 Å². The minimum absolute atomic E-state index is 0.535. The predicted octanol–water partition coefficient (Wildman–Crippen LogP) is 3.67. The first kappa shape index (κ1) is 13.7. The maximum atomic E-state index is 5.95. The van der Waals surface area contributed by atoms with Crippen LogP contribution < -0.4 is 10.5 Å². The van der Waals surface area contributed by atoms with Crippen molar-refractivity contribution in [3.05, 3.63) is 63.6 Å². The van der Waals surface area contributed by atoms with E-state index < -0.39 is 0 Å². The smallest absolute Gasteiger partial charge is 0.119 e. The van der Waals surface area contributed by atoms with Crippen molar-refractivity contribution in [1.82, 2.24) is 0 Å². The Kier molecular flexibility index (Phi) is 4.08. The first-order valence-corrected chi connectivity index (χ1v) is 7.76. The van der Waals surface area contributed by atoms with Gasteiger partial charge >= 0.3 is 0 Å². The number of rotatable bonds is 5. The van der Waals surface area contributed by atoms with E-state index in [-0.39, 0.29) is 0 Å². The molecule has 2 nitrogen and oxygen atoms in total. The molecule has 2 aromatic carbocycles. The topological polar surface area (TPSA) is 35.2 Å². The molecular weight excluding hydrogens is 314 g/mol. The second-order valence-electron chi connectivity index (χ2n) is 5.20. The summed E-state index contributed by atoms with van der Waals surface area (Å²) in [4.78, 5) is 0. The van der Waals surface area contributed by atoms with E-state index in [1.807, 2.05) is 12.1 Å². The monoisotopic (exact) mass is 331 g/mol. The average Bonchev–Trinajstić information content (AvgIpc) is 2.43. The van der Waals surface area contributed by atoms with Crippen LogP contribution in [0, 0.1) is 0 Å². The molecule has 0 radical (unpaired) electrons. The van der Waals surface area contributed by atoms with Crippen LogP contribution in [0.4, 0.5) is 0 Å². The van der Waals surface area contributed by atoms with Crippen molar-refractivity contribution in [3.63, 3.8) is 0 Å². The van der Waals surface area contributed by atoms with Crippen LogP contribution in [0.3, 0.4) is 0 Å². The number of nitrogens with two attached hydrogens (primary N) is 1. The van der Waals surface area contributed by atoms with E-state index in [0.717, 1.165) is 29.7 Å². The normalized spacial score (nSPS) is 16.4. The molecule has 20 heavy (non-hydrogen) atoms. The summed E-state index contributed by atoms with van der Waals surface area (Å²) in [5.41, 5.74) is 9.73. The van der Waals surface area contributed by atoms with Crippen molar-refractivity contribution in [2.75, 3.05) is 13.2 Å². The fourth-order valence-electron chi connectivity index (χ4n) is 2.70. The molecule has 0 saturated carbocycles. The molecule has 0 fully saturated rings. The van der Waals surface area contributed by atoms with Crippen molar-refractivity contribution in [3.8, 4) is 5.75 Å². The standard InChI is InChI=1S/C17H18BrNO/c18-17-6-5-15(10-13(17)7-8-19)20-11-14-9-12-3-1-2-4-16(12)14/h1-6,10,14H,7-9,11,19H2. The zero-order valence-electron chi connectivity index (χ0n) is 11.3. The van der Waals surface area contributed by atoms with Crippen molar-refractivity contribution in [2.45, 2.75) is 18.8 Å². The molecule has 0 amide bonds. The highest BCUT2D eigenvalue weighted by atomic mass is 79.9. The summed E-state index contributed by atoms with van der Waals surface area (Å²) in [5.74, 6) is 1.47. The van der Waals surface area contributed by atoms with E-state index in [1.165, 1.54) is 16.7 Å². The second-order valence-corrected chi connectivity index (χ2v) is 6.06. The number of halogens is 1. The van der Waals surface area contributed by atoms with E-state index >= 15 is 0 Å². The lowest BCUT2D eigenvalue weighted by molar-refractivity contribution is 0.275. The molecule has 0 heterocycles. The summed E-state index contributed by atoms with van der Waals surface area (Å²) in [6.45, 7) is 1.40. The van der Waals surface area contributed by atoms with E-state index in [1.54, 1.807) is 0 Å². The van der Waals surface area contributed by atoms with Gasteiger partial charge in [-0.3, -0.25) is 0 Å². The van der Waals surface area contributed by atoms with Crippen LogP contribution in [0.2, 0.25) is 0 Å². The highest BCUT2D eigenvalue weighted by molar-refractivity contribution is 9.10. The molecule has 0 aliphatic heterocycles. The van der Waals surface area contributed by atoms with Gasteiger partial charge in [0.05, 0.1) is 6.61 Å². The summed E-state index contributed by atoms with van der Waals surface area (Å²) in [7, 11) is 0. The van der Waals surface area contributed by atoms with Gasteiger partial charge in [0, 0.05) is 10.4 Å². The number of benzene rings is 2. The highest BCUT2D eigenvalue weighted by Crippen LogP contribution is 2.35. The molecule has 0 saturated heterocycles. The maximum Gasteiger partial charge on any atom is 0.119 e. The molecule has 1 atom stereocenters. The van der Waals surface area contributed by atoms with Crippen molar-refractivity contribution in [2.24, 2.45) is 5.73 Å². The Morgan fingerprint density at radius 2 is 2.05 bits per heavy atom. The Balaban J connectivity index is 1.64. The number of ether oxygens (including phenoxy) is 1. The van der Waals surface area contributed by atoms with Crippen LogP contribution >= 0.6 is 15.9 Å². The molecule has 0 aromatic heterocycles. The van der Waals surface area contributed by atoms with Crippen molar-refractivity contribution in [1.29, 1.82) is 0 Å². The molecule has 1 unspecified atom stereocenters. The first-order chi connectivity index (χ1) is 9.78. The fraction of sp³-hybridized carbons (Fsp3) is 0.294. The van der Waals surface area contributed by atoms with Crippen molar-refractivity contribution < 1.29 is 4.74 Å². The molecule has 2 aromatic rings. The van der Waals surface area contributed by atoms with Crippen LogP contribution in [0.1, 0.15) is 22.6 Å². The van der Waals surface area contributed by atoms with Gasteiger partial charge in [0.15, 0.2) is 0 Å². The van der Waals surface area contributed by atoms with Crippen LogP contribution in [0.15, 0.2) is 46.9 Å². The Morgan fingerprint density at radius 3 is 2.85 bits per heavy atom. The first-order valence-electron chi connectivity index (χ1n) is 6.97. The van der Waals surface area contributed by atoms with Crippen LogP contribution in [-0.4, -0.2) is 13.2 Å². The van der Waals surface area contributed by atoms with Gasteiger partial charge in [0.2, 0.25) is 0 Å². The summed E-state index contributed by atoms with van der Waals surface area (Å²) in [5, 5.41) is 0. The van der Waals surface area contributed by atoms with Gasteiger partial charge in [0.1, 0.15) is 5.75 Å². The summed E-state index contributed by atoms with van der Waals surface area (Å²) >= 11 is 3.55. The predicted molar refractivity (Wildman–Crippen MR) is 85.3 cm³/mol. The lowest BCUT2D eigenvalue weighted by atomic mass is 9.78. The van der Waals surface area contributed by atoms with E-state index in [9.17, 15) is 0 Å². The maximum absolute atomic E-state index is 5.95. The number of hydrogen-bond acceptors (Lipinski definition) is 2. The highest BCUT2D eigenvalue weighted by Gasteiger charge is 2.25. The molecule has 3 rings (SSSR count). The third-order valence-electron chi connectivity index (χ3n) is 3.84. The van der Waals surface area contributed by atoms with Crippen LogP contribution in [-0.2, 0) is 12.8 Å². The van der Waals surface area contributed by atoms with E-state index in [4.69, 9.17) is 10.5 Å². The quantitative estimate of drug-likeness (QED) is 0.907. The SMILES string of the molecule is NCCc1cc(OCC2Cc3ccccc32)ccc1Br. The lowest BCUT2D eigenvalue weighted by Crippen LogP contribution is -2.23. The van der Waals surface area contributed by atoms with Crippen LogP contribution in [0.25, 0.3) is 0 Å². The largest absolute Gasteiger partial charge is 0.493 e. The van der Waals surface area contributed by atoms with E-state index in [2.05, 4.69) is 46.3 Å². The second kappa shape index (κ2) is 5.98. The minimum atomic E-state index is 0.535. The lowest BCUT2D eigenvalue weighted by Gasteiger charge is -2.29. The third-order valence-corrected chi connectivity index (χ3v) is 4.62. The van der Waals surface area contributed by atoms with Crippen molar-refractivity contribution >= 4 is 15.9 Å². The van der Waals surface area contributed by atoms with Gasteiger partial charge < -0.3 is 10.5 Å². The molecule has 104 valence electrons. The van der Waals surface area contributed by atoms with Gasteiger partial charge in [0.25, 0.3) is 0 Å². The van der Waals surface area contributed by atoms with Gasteiger partial charge in [-0.25, -0.2) is 0 Å². The molecule has 1 aliphatic rings. The third kappa shape index (κ3) is 2.74. The Hall–Kier alpha value is -1.32. The molecule has 0 bridgehead atoms. The van der Waals surface area contributed by atoms with Crippen LogP contribution in [0.5, 0.6) is 5.75 Å². The van der Waals surface area contributed by atoms with Gasteiger partial charge in [-0.1, -0.05) is 40.2 Å². The zero-order valence-corrected chi connectivity index (χ0v) is 12.9. The molecular formula is C17H18BrNO. The molecule has 2 N–H and O–H groups in total. The van der Waals surface area contributed by atoms with Gasteiger partial charge in [-0.15, -0.1) is 0 Å². The average molecular weight is 332 g/mol. The zero-order chi connectivity index (χ0) is 13.9. The Morgan fingerprint density at radius 1 is 1.20 bits per heavy atom. The Labute approximate surface area is 128 Å². The van der Waals surface area contributed by atoms with Gasteiger partial charge in [-0.05, 0) is 54.3 Å².